The SMILES string of the molecule is Cc1cc(-c2ccnc(Nc3ccc(NS(C)(=O)=O)cc3)c2)n(-c2ccc3occc3c2)n1. The molecule has 2 N–H and O–H groups in total. The Morgan fingerprint density at radius 2 is 1.73 bits per heavy atom. The first-order chi connectivity index (χ1) is 15.8. The number of anilines is 3. The van der Waals surface area contributed by atoms with Gasteiger partial charge < -0.3 is 9.73 Å². The van der Waals surface area contributed by atoms with Crippen LogP contribution in [0.5, 0.6) is 0 Å². The van der Waals surface area contributed by atoms with Gasteiger partial charge in [-0.25, -0.2) is 18.1 Å². The lowest BCUT2D eigenvalue weighted by Gasteiger charge is -2.11. The second-order valence-electron chi connectivity index (χ2n) is 7.73. The first kappa shape index (κ1) is 20.8. The maximum atomic E-state index is 11.4. The molecule has 9 heteroatoms. The molecule has 5 rings (SSSR count). The molecule has 0 spiro atoms. The van der Waals surface area contributed by atoms with Gasteiger partial charge in [-0.05, 0) is 73.7 Å². The Morgan fingerprint density at radius 3 is 2.52 bits per heavy atom. The maximum Gasteiger partial charge on any atom is 0.229 e. The summed E-state index contributed by atoms with van der Waals surface area (Å²) in [6.45, 7) is 1.96. The molecule has 0 bridgehead atoms. The van der Waals surface area contributed by atoms with Crippen molar-refractivity contribution in [1.29, 1.82) is 0 Å². The minimum atomic E-state index is -3.32. The molecule has 0 aliphatic carbocycles. The van der Waals surface area contributed by atoms with Crippen LogP contribution in [0.2, 0.25) is 0 Å². The molecule has 0 radical (unpaired) electrons. The van der Waals surface area contributed by atoms with Gasteiger partial charge in [0.1, 0.15) is 11.4 Å². The Bertz CT molecular complexity index is 1550. The zero-order chi connectivity index (χ0) is 23.0. The molecular weight excluding hydrogens is 438 g/mol. The summed E-state index contributed by atoms with van der Waals surface area (Å²) in [4.78, 5) is 4.42. The zero-order valence-electron chi connectivity index (χ0n) is 18.0. The van der Waals surface area contributed by atoms with E-state index in [0.717, 1.165) is 45.6 Å². The summed E-state index contributed by atoms with van der Waals surface area (Å²) in [5.41, 5.74) is 5.85. The van der Waals surface area contributed by atoms with E-state index in [1.54, 1.807) is 36.7 Å². The van der Waals surface area contributed by atoms with Gasteiger partial charge in [-0.3, -0.25) is 4.72 Å². The third-order valence-electron chi connectivity index (χ3n) is 5.03. The van der Waals surface area contributed by atoms with Gasteiger partial charge in [-0.15, -0.1) is 0 Å². The van der Waals surface area contributed by atoms with Crippen LogP contribution in [-0.2, 0) is 10.0 Å². The van der Waals surface area contributed by atoms with Crippen LogP contribution >= 0.6 is 0 Å². The van der Waals surface area contributed by atoms with Crippen molar-refractivity contribution in [1.82, 2.24) is 14.8 Å². The predicted molar refractivity (Wildman–Crippen MR) is 129 cm³/mol. The van der Waals surface area contributed by atoms with Gasteiger partial charge in [0.2, 0.25) is 10.0 Å². The Kier molecular flexibility index (Phi) is 5.10. The fourth-order valence-electron chi connectivity index (χ4n) is 3.63. The number of nitrogens with one attached hydrogen (secondary N) is 2. The van der Waals surface area contributed by atoms with Gasteiger partial charge in [-0.1, -0.05) is 0 Å². The van der Waals surface area contributed by atoms with E-state index in [1.165, 1.54) is 0 Å². The highest BCUT2D eigenvalue weighted by molar-refractivity contribution is 7.92. The van der Waals surface area contributed by atoms with Gasteiger partial charge in [0.05, 0.1) is 29.6 Å². The van der Waals surface area contributed by atoms with E-state index < -0.39 is 10.0 Å². The van der Waals surface area contributed by atoms with E-state index in [4.69, 9.17) is 9.52 Å². The van der Waals surface area contributed by atoms with Crippen molar-refractivity contribution < 1.29 is 12.8 Å². The number of aromatic nitrogens is 3. The molecule has 0 atom stereocenters. The quantitative estimate of drug-likeness (QED) is 0.366. The normalized spacial score (nSPS) is 11.6. The molecule has 0 saturated carbocycles. The average molecular weight is 460 g/mol. The number of rotatable bonds is 6. The molecule has 8 nitrogen and oxygen atoms in total. The number of sulfonamides is 1. The van der Waals surface area contributed by atoms with Gasteiger partial charge >= 0.3 is 0 Å². The molecule has 3 heterocycles. The molecule has 0 amide bonds. The summed E-state index contributed by atoms with van der Waals surface area (Å²) < 4.78 is 32.6. The Hall–Kier alpha value is -4.11. The average Bonchev–Trinajstić information content (AvgIpc) is 3.40. The topological polar surface area (TPSA) is 102 Å². The maximum absolute atomic E-state index is 11.4. The second kappa shape index (κ2) is 8.10. The van der Waals surface area contributed by atoms with Crippen LogP contribution in [0.15, 0.2) is 83.6 Å². The number of aryl methyl sites for hydroxylation is 1. The third kappa shape index (κ3) is 4.58. The monoisotopic (exact) mass is 459 g/mol. The molecule has 166 valence electrons. The summed E-state index contributed by atoms with van der Waals surface area (Å²) in [6.07, 6.45) is 4.53. The molecule has 0 unspecified atom stereocenters. The summed E-state index contributed by atoms with van der Waals surface area (Å²) in [7, 11) is -3.32. The van der Waals surface area contributed by atoms with Crippen LogP contribution in [0.3, 0.4) is 0 Å². The fourth-order valence-corrected chi connectivity index (χ4v) is 4.19. The van der Waals surface area contributed by atoms with Crippen molar-refractivity contribution >= 4 is 38.2 Å². The van der Waals surface area contributed by atoms with Crippen molar-refractivity contribution in [3.8, 4) is 16.9 Å². The minimum Gasteiger partial charge on any atom is -0.464 e. The lowest BCUT2D eigenvalue weighted by Crippen LogP contribution is -2.09. The van der Waals surface area contributed by atoms with E-state index in [0.29, 0.717) is 11.5 Å². The predicted octanol–water partition coefficient (Wildman–Crippen LogP) is 5.10. The summed E-state index contributed by atoms with van der Waals surface area (Å²) in [6, 6.07) is 20.8. The number of fused-ring (bicyclic) bond motifs is 1. The Balaban J connectivity index is 1.44. The number of hydrogen-bond acceptors (Lipinski definition) is 6. The minimum absolute atomic E-state index is 0.499. The number of benzene rings is 2. The van der Waals surface area contributed by atoms with E-state index >= 15 is 0 Å². The molecule has 0 fully saturated rings. The Morgan fingerprint density at radius 1 is 0.939 bits per heavy atom. The van der Waals surface area contributed by atoms with E-state index in [-0.39, 0.29) is 0 Å². The van der Waals surface area contributed by atoms with E-state index in [9.17, 15) is 8.42 Å². The number of pyridine rings is 1. The van der Waals surface area contributed by atoms with Crippen molar-refractivity contribution in [2.45, 2.75) is 6.92 Å². The van der Waals surface area contributed by atoms with Crippen LogP contribution in [0.4, 0.5) is 17.2 Å². The molecule has 0 saturated heterocycles. The second-order valence-corrected chi connectivity index (χ2v) is 9.48. The van der Waals surface area contributed by atoms with Crippen LogP contribution in [0.25, 0.3) is 27.9 Å². The van der Waals surface area contributed by atoms with Crippen molar-refractivity contribution in [3.05, 3.63) is 84.9 Å². The van der Waals surface area contributed by atoms with Crippen LogP contribution in [0, 0.1) is 6.92 Å². The highest BCUT2D eigenvalue weighted by Crippen LogP contribution is 2.28. The molecule has 5 aromatic rings. The van der Waals surface area contributed by atoms with Gasteiger partial charge in [0, 0.05) is 28.5 Å². The summed E-state index contributed by atoms with van der Waals surface area (Å²) in [5.74, 6) is 0.659. The highest BCUT2D eigenvalue weighted by atomic mass is 32.2. The molecule has 3 aromatic heterocycles. The lowest BCUT2D eigenvalue weighted by molar-refractivity contribution is 0.606. The van der Waals surface area contributed by atoms with Gasteiger partial charge in [-0.2, -0.15) is 5.10 Å². The first-order valence-electron chi connectivity index (χ1n) is 10.2. The van der Waals surface area contributed by atoms with E-state index in [2.05, 4.69) is 15.0 Å². The number of nitrogens with zero attached hydrogens (tertiary/aromatic N) is 3. The van der Waals surface area contributed by atoms with Crippen LogP contribution in [-0.4, -0.2) is 29.4 Å². The lowest BCUT2D eigenvalue weighted by atomic mass is 10.1. The molecule has 33 heavy (non-hydrogen) atoms. The Labute approximate surface area is 190 Å². The van der Waals surface area contributed by atoms with Crippen molar-refractivity contribution in [2.24, 2.45) is 0 Å². The van der Waals surface area contributed by atoms with Gasteiger partial charge in [0.25, 0.3) is 0 Å². The first-order valence-corrected chi connectivity index (χ1v) is 12.1. The standard InChI is InChI=1S/C24H21N5O3S/c1-16-13-22(29(27-16)21-7-8-23-18(14-21)10-12-32-23)17-9-11-25-24(15-17)26-19-3-5-20(6-4-19)28-33(2,30)31/h3-15,28H,1-2H3,(H,25,26). The van der Waals surface area contributed by atoms with Crippen molar-refractivity contribution in [2.75, 3.05) is 16.3 Å². The molecule has 0 aliphatic rings. The third-order valence-corrected chi connectivity index (χ3v) is 5.63. The zero-order valence-corrected chi connectivity index (χ0v) is 18.8. The molecule has 0 aliphatic heterocycles. The van der Waals surface area contributed by atoms with Crippen molar-refractivity contribution in [3.63, 3.8) is 0 Å². The fraction of sp³-hybridized carbons (Fsp3) is 0.0833. The number of hydrogen-bond donors (Lipinski definition) is 2. The van der Waals surface area contributed by atoms with Gasteiger partial charge in [0.15, 0.2) is 0 Å². The molecule has 2 aromatic carbocycles. The van der Waals surface area contributed by atoms with Crippen LogP contribution in [0.1, 0.15) is 5.69 Å². The summed E-state index contributed by atoms with van der Waals surface area (Å²) in [5, 5.41) is 8.96. The van der Waals surface area contributed by atoms with E-state index in [1.807, 2.05) is 54.1 Å². The highest BCUT2D eigenvalue weighted by Gasteiger charge is 2.12. The largest absolute Gasteiger partial charge is 0.464 e. The summed E-state index contributed by atoms with van der Waals surface area (Å²) >= 11 is 0. The smallest absolute Gasteiger partial charge is 0.229 e. The molecular formula is C24H21N5O3S. The number of furan rings is 1. The van der Waals surface area contributed by atoms with Crippen LogP contribution < -0.4 is 10.0 Å².